The number of hydrogen-bond acceptors (Lipinski definition) is 10. The van der Waals surface area contributed by atoms with Gasteiger partial charge in [0.05, 0.1) is 11.5 Å². The number of esters is 4. The van der Waals surface area contributed by atoms with Gasteiger partial charge >= 0.3 is 23.9 Å². The third-order valence-electron chi connectivity index (χ3n) is 7.48. The second-order valence-electron chi connectivity index (χ2n) is 9.97. The summed E-state index contributed by atoms with van der Waals surface area (Å²) >= 11 is 0. The standard InChI is InChI=1S/C28H26O10/c1-11(29)35-19-7-5-15-24-22(38-14(4)32)10-18(34)28-20(36-12(2)30)8-6-16(26(24)28)23-21(37-13(3)31)9-17(33)27(19)25(15)23/h5-8,21-25,27H,9-10H2,1-4H3. The van der Waals surface area contributed by atoms with E-state index in [9.17, 15) is 28.8 Å². The molecule has 0 heterocycles. The smallest absolute Gasteiger partial charge is 0.308 e. The van der Waals surface area contributed by atoms with Gasteiger partial charge in [0.2, 0.25) is 0 Å². The first-order valence-electron chi connectivity index (χ1n) is 12.3. The van der Waals surface area contributed by atoms with Crippen molar-refractivity contribution in [2.24, 2.45) is 11.8 Å². The number of allylic oxidation sites excluding steroid dienone is 3. The van der Waals surface area contributed by atoms with E-state index in [2.05, 4.69) is 0 Å². The van der Waals surface area contributed by atoms with Crippen LogP contribution in [0.3, 0.4) is 0 Å². The Hall–Kier alpha value is -4.08. The third kappa shape index (κ3) is 4.13. The zero-order valence-corrected chi connectivity index (χ0v) is 21.3. The SMILES string of the molecule is CC(=O)OC1=CC=C2C3c4c(ccc(OC(C)=O)c4C(=O)CC3OC(C)=O)C3C(OC(C)=O)CC(=O)C1C23. The average molecular weight is 523 g/mol. The molecule has 1 fully saturated rings. The summed E-state index contributed by atoms with van der Waals surface area (Å²) < 4.78 is 22.1. The molecule has 4 aliphatic carbocycles. The molecular weight excluding hydrogens is 496 g/mol. The molecule has 38 heavy (non-hydrogen) atoms. The first kappa shape index (κ1) is 25.6. The predicted molar refractivity (Wildman–Crippen MR) is 128 cm³/mol. The molecule has 1 aromatic carbocycles. The molecule has 5 rings (SSSR count). The van der Waals surface area contributed by atoms with E-state index < -0.39 is 59.8 Å². The maximum Gasteiger partial charge on any atom is 0.308 e. The van der Waals surface area contributed by atoms with Gasteiger partial charge in [0.15, 0.2) is 5.78 Å². The first-order chi connectivity index (χ1) is 18.0. The first-order valence-corrected chi connectivity index (χ1v) is 12.3. The Balaban J connectivity index is 1.80. The minimum atomic E-state index is -0.875. The van der Waals surface area contributed by atoms with Crippen LogP contribution in [0.2, 0.25) is 0 Å². The molecule has 0 aromatic heterocycles. The van der Waals surface area contributed by atoms with E-state index in [0.29, 0.717) is 16.7 Å². The van der Waals surface area contributed by atoms with Crippen LogP contribution in [0.1, 0.15) is 73.9 Å². The number of ketones is 2. The second kappa shape index (κ2) is 9.34. The maximum atomic E-state index is 13.5. The second-order valence-corrected chi connectivity index (χ2v) is 9.97. The van der Waals surface area contributed by atoms with Crippen LogP contribution >= 0.6 is 0 Å². The van der Waals surface area contributed by atoms with Crippen molar-refractivity contribution in [3.63, 3.8) is 0 Å². The van der Waals surface area contributed by atoms with Crippen molar-refractivity contribution in [3.05, 3.63) is 52.3 Å². The van der Waals surface area contributed by atoms with E-state index in [1.54, 1.807) is 18.2 Å². The molecule has 6 atom stereocenters. The Bertz CT molecular complexity index is 1370. The molecule has 0 amide bonds. The van der Waals surface area contributed by atoms with Crippen molar-refractivity contribution < 1.29 is 47.7 Å². The van der Waals surface area contributed by atoms with Crippen LogP contribution in [0.15, 0.2) is 35.6 Å². The third-order valence-corrected chi connectivity index (χ3v) is 7.48. The van der Waals surface area contributed by atoms with E-state index in [1.807, 2.05) is 0 Å². The number of ether oxygens (including phenoxy) is 4. The van der Waals surface area contributed by atoms with Gasteiger partial charge in [0.25, 0.3) is 0 Å². The predicted octanol–water partition coefficient (Wildman–Crippen LogP) is 2.83. The molecule has 0 saturated heterocycles. The normalized spacial score (nSPS) is 28.6. The molecule has 0 N–H and O–H groups in total. The van der Waals surface area contributed by atoms with Gasteiger partial charge in [-0.25, -0.2) is 0 Å². The van der Waals surface area contributed by atoms with Gasteiger partial charge in [-0.3, -0.25) is 28.8 Å². The average Bonchev–Trinajstić information content (AvgIpc) is 2.79. The van der Waals surface area contributed by atoms with Crippen LogP contribution in [0.25, 0.3) is 0 Å². The lowest BCUT2D eigenvalue weighted by atomic mass is 9.53. The highest BCUT2D eigenvalue weighted by atomic mass is 16.6. The maximum absolute atomic E-state index is 13.5. The molecule has 198 valence electrons. The molecule has 0 spiro atoms. The summed E-state index contributed by atoms with van der Waals surface area (Å²) in [6.07, 6.45) is 1.27. The lowest BCUT2D eigenvalue weighted by molar-refractivity contribution is -0.155. The highest BCUT2D eigenvalue weighted by Crippen LogP contribution is 2.61. The molecule has 4 aliphatic rings. The molecule has 0 aliphatic heterocycles. The zero-order valence-electron chi connectivity index (χ0n) is 21.3. The van der Waals surface area contributed by atoms with Crippen molar-refractivity contribution >= 4 is 35.4 Å². The number of rotatable bonds is 4. The fraction of sp³-hybridized carbons (Fsp3) is 0.429. The van der Waals surface area contributed by atoms with Crippen molar-refractivity contribution in [1.29, 1.82) is 0 Å². The van der Waals surface area contributed by atoms with Crippen LogP contribution < -0.4 is 4.74 Å². The van der Waals surface area contributed by atoms with Gasteiger partial charge in [0, 0.05) is 58.3 Å². The van der Waals surface area contributed by atoms with E-state index >= 15 is 0 Å². The van der Waals surface area contributed by atoms with Crippen LogP contribution in [-0.2, 0) is 38.2 Å². The van der Waals surface area contributed by atoms with Gasteiger partial charge in [-0.2, -0.15) is 0 Å². The summed E-state index contributed by atoms with van der Waals surface area (Å²) in [4.78, 5) is 74.7. The Morgan fingerprint density at radius 1 is 0.737 bits per heavy atom. The summed E-state index contributed by atoms with van der Waals surface area (Å²) in [7, 11) is 0. The minimum absolute atomic E-state index is 0.0889. The minimum Gasteiger partial charge on any atom is -0.461 e. The molecule has 0 radical (unpaired) electrons. The van der Waals surface area contributed by atoms with Gasteiger partial charge in [-0.1, -0.05) is 17.7 Å². The molecular formula is C28H26O10. The monoisotopic (exact) mass is 522 g/mol. The van der Waals surface area contributed by atoms with Gasteiger partial charge in [0.1, 0.15) is 29.5 Å². The summed E-state index contributed by atoms with van der Waals surface area (Å²) in [5.41, 5.74) is 2.04. The van der Waals surface area contributed by atoms with E-state index in [1.165, 1.54) is 33.8 Å². The number of hydrogen-bond donors (Lipinski definition) is 0. The molecule has 1 saturated carbocycles. The van der Waals surface area contributed by atoms with Crippen LogP contribution in [-0.4, -0.2) is 47.7 Å². The number of carbonyl (C=O) groups is 6. The van der Waals surface area contributed by atoms with E-state index in [0.717, 1.165) is 0 Å². The summed E-state index contributed by atoms with van der Waals surface area (Å²) in [6, 6.07) is 3.22. The fourth-order valence-corrected chi connectivity index (χ4v) is 6.58. The zero-order chi connectivity index (χ0) is 27.5. The Kier molecular flexibility index (Phi) is 6.28. The quantitative estimate of drug-likeness (QED) is 0.329. The molecule has 0 bridgehead atoms. The van der Waals surface area contributed by atoms with Crippen molar-refractivity contribution in [3.8, 4) is 5.75 Å². The van der Waals surface area contributed by atoms with Gasteiger partial charge in [-0.15, -0.1) is 0 Å². The number of Topliss-reactive ketones (excluding diaryl/α,β-unsaturated/α-hetero) is 2. The lowest BCUT2D eigenvalue weighted by Gasteiger charge is -2.52. The van der Waals surface area contributed by atoms with E-state index in [4.69, 9.17) is 18.9 Å². The number of fused-ring (bicyclic) bond motifs is 2. The highest BCUT2D eigenvalue weighted by molar-refractivity contribution is 6.04. The van der Waals surface area contributed by atoms with Crippen molar-refractivity contribution in [2.75, 3.05) is 0 Å². The fourth-order valence-electron chi connectivity index (χ4n) is 6.58. The molecule has 10 heteroatoms. The summed E-state index contributed by atoms with van der Waals surface area (Å²) in [5, 5.41) is 0. The van der Waals surface area contributed by atoms with E-state index in [-0.39, 0.29) is 41.5 Å². The number of carbonyl (C=O) groups excluding carboxylic acids is 6. The van der Waals surface area contributed by atoms with Crippen LogP contribution in [0.5, 0.6) is 5.75 Å². The summed E-state index contributed by atoms with van der Waals surface area (Å²) in [6.45, 7) is 4.98. The topological polar surface area (TPSA) is 139 Å². The van der Waals surface area contributed by atoms with Crippen molar-refractivity contribution in [2.45, 2.75) is 64.6 Å². The highest BCUT2D eigenvalue weighted by Gasteiger charge is 2.58. The van der Waals surface area contributed by atoms with Crippen molar-refractivity contribution in [1.82, 2.24) is 0 Å². The largest absolute Gasteiger partial charge is 0.461 e. The van der Waals surface area contributed by atoms with Gasteiger partial charge in [-0.05, 0) is 23.3 Å². The van der Waals surface area contributed by atoms with Gasteiger partial charge < -0.3 is 18.9 Å². The Morgan fingerprint density at radius 2 is 1.39 bits per heavy atom. The number of benzene rings is 1. The lowest BCUT2D eigenvalue weighted by Crippen LogP contribution is -2.52. The molecule has 10 nitrogen and oxygen atoms in total. The van der Waals surface area contributed by atoms with Crippen LogP contribution in [0, 0.1) is 11.8 Å². The Labute approximate surface area is 217 Å². The summed E-state index contributed by atoms with van der Waals surface area (Å²) in [5.74, 6) is -5.30. The molecule has 6 unspecified atom stereocenters. The van der Waals surface area contributed by atoms with Crippen LogP contribution in [0.4, 0.5) is 0 Å². The molecule has 1 aromatic rings. The Morgan fingerprint density at radius 3 is 2.03 bits per heavy atom.